The molecule has 0 unspecified atom stereocenters. The molecule has 1 aromatic rings. The van der Waals surface area contributed by atoms with Gasteiger partial charge < -0.3 is 15.0 Å². The molecule has 0 bridgehead atoms. The Morgan fingerprint density at radius 2 is 1.72 bits per heavy atom. The van der Waals surface area contributed by atoms with Gasteiger partial charge in [-0.2, -0.15) is 0 Å². The molecule has 25 heavy (non-hydrogen) atoms. The van der Waals surface area contributed by atoms with Crippen LogP contribution in [0.2, 0.25) is 0 Å². The van der Waals surface area contributed by atoms with Gasteiger partial charge in [0.05, 0.1) is 5.92 Å². The first-order valence-electron chi connectivity index (χ1n) is 8.43. The standard InChI is InChI=1S/C20H26N2O3/c1-13-9-14(2)18(15(3)10-13)21-17(23)8-7-16-11-22(12-16)19(24)25-20(4,5)6/h9-10,16H,11-12H2,1-6H3,(H,21,23). The normalized spacial score (nSPS) is 14.2. The molecule has 1 aromatic carbocycles. The van der Waals surface area contributed by atoms with Crippen molar-refractivity contribution in [3.05, 3.63) is 28.8 Å². The summed E-state index contributed by atoms with van der Waals surface area (Å²) < 4.78 is 5.29. The predicted octanol–water partition coefficient (Wildman–Crippen LogP) is 3.42. The number of amides is 2. The van der Waals surface area contributed by atoms with Gasteiger partial charge >= 0.3 is 6.09 Å². The van der Waals surface area contributed by atoms with Gasteiger partial charge in [0.1, 0.15) is 5.60 Å². The van der Waals surface area contributed by atoms with Crippen LogP contribution in [-0.2, 0) is 9.53 Å². The van der Waals surface area contributed by atoms with Crippen molar-refractivity contribution >= 4 is 17.7 Å². The van der Waals surface area contributed by atoms with Gasteiger partial charge in [-0.15, -0.1) is 0 Å². The maximum atomic E-state index is 12.1. The van der Waals surface area contributed by atoms with E-state index in [1.54, 1.807) is 4.90 Å². The highest BCUT2D eigenvalue weighted by molar-refractivity contribution is 6.04. The molecule has 134 valence electrons. The minimum atomic E-state index is -0.502. The number of benzene rings is 1. The maximum absolute atomic E-state index is 12.1. The third-order valence-corrected chi connectivity index (χ3v) is 3.84. The molecular weight excluding hydrogens is 316 g/mol. The smallest absolute Gasteiger partial charge is 0.410 e. The first kappa shape index (κ1) is 18.9. The van der Waals surface area contributed by atoms with E-state index in [1.807, 2.05) is 53.7 Å². The van der Waals surface area contributed by atoms with E-state index in [4.69, 9.17) is 4.74 Å². The molecule has 1 saturated heterocycles. The molecule has 2 rings (SSSR count). The molecule has 1 N–H and O–H groups in total. The van der Waals surface area contributed by atoms with Crippen LogP contribution in [0.3, 0.4) is 0 Å². The Hall–Kier alpha value is -2.48. The summed E-state index contributed by atoms with van der Waals surface area (Å²) >= 11 is 0. The van der Waals surface area contributed by atoms with Crippen LogP contribution in [0, 0.1) is 38.5 Å². The molecule has 0 spiro atoms. The van der Waals surface area contributed by atoms with Gasteiger partial charge in [-0.05, 0) is 58.6 Å². The summed E-state index contributed by atoms with van der Waals surface area (Å²) in [6.07, 6.45) is -0.332. The molecule has 0 aliphatic carbocycles. The molecule has 0 saturated carbocycles. The minimum absolute atomic E-state index is 0.0125. The zero-order chi connectivity index (χ0) is 18.8. The summed E-state index contributed by atoms with van der Waals surface area (Å²) in [5.74, 6) is 5.24. The fourth-order valence-corrected chi connectivity index (χ4v) is 2.74. The number of anilines is 1. The molecule has 1 aliphatic rings. The molecule has 0 atom stereocenters. The van der Waals surface area contributed by atoms with E-state index in [2.05, 4.69) is 17.2 Å². The predicted molar refractivity (Wildman–Crippen MR) is 98.4 cm³/mol. The molecule has 1 aliphatic heterocycles. The number of carbonyl (C=O) groups excluding carboxylic acids is 2. The van der Waals surface area contributed by atoms with Gasteiger partial charge in [0, 0.05) is 18.8 Å². The monoisotopic (exact) mass is 342 g/mol. The van der Waals surface area contributed by atoms with Crippen molar-refractivity contribution in [2.45, 2.75) is 47.1 Å². The van der Waals surface area contributed by atoms with Crippen LogP contribution < -0.4 is 5.32 Å². The lowest BCUT2D eigenvalue weighted by Crippen LogP contribution is -2.51. The fraction of sp³-hybridized carbons (Fsp3) is 0.500. The third kappa shape index (κ3) is 5.25. The molecule has 1 fully saturated rings. The van der Waals surface area contributed by atoms with Gasteiger partial charge in [-0.25, -0.2) is 4.79 Å². The third-order valence-electron chi connectivity index (χ3n) is 3.84. The Balaban J connectivity index is 1.87. The number of carbonyl (C=O) groups is 2. The van der Waals surface area contributed by atoms with E-state index in [9.17, 15) is 9.59 Å². The minimum Gasteiger partial charge on any atom is -0.444 e. The summed E-state index contributed by atoms with van der Waals surface area (Å²) in [4.78, 5) is 25.5. The lowest BCUT2D eigenvalue weighted by molar-refractivity contribution is -0.111. The highest BCUT2D eigenvalue weighted by Crippen LogP contribution is 2.22. The fourth-order valence-electron chi connectivity index (χ4n) is 2.74. The van der Waals surface area contributed by atoms with Crippen molar-refractivity contribution in [3.8, 4) is 11.8 Å². The largest absolute Gasteiger partial charge is 0.444 e. The van der Waals surface area contributed by atoms with Gasteiger partial charge in [-0.1, -0.05) is 23.6 Å². The Bertz CT molecular complexity index is 721. The second-order valence-corrected chi connectivity index (χ2v) is 7.58. The molecule has 5 heteroatoms. The topological polar surface area (TPSA) is 58.6 Å². The summed E-state index contributed by atoms with van der Waals surface area (Å²) in [6, 6.07) is 4.06. The number of hydrogen-bond acceptors (Lipinski definition) is 3. The quantitative estimate of drug-likeness (QED) is 0.796. The van der Waals surface area contributed by atoms with Gasteiger partial charge in [0.2, 0.25) is 0 Å². The average molecular weight is 342 g/mol. The number of nitrogens with one attached hydrogen (secondary N) is 1. The lowest BCUT2D eigenvalue weighted by Gasteiger charge is -2.37. The Labute approximate surface area is 149 Å². The van der Waals surface area contributed by atoms with Crippen LogP contribution in [-0.4, -0.2) is 35.6 Å². The van der Waals surface area contributed by atoms with E-state index in [-0.39, 0.29) is 17.9 Å². The first-order chi connectivity index (χ1) is 11.5. The van der Waals surface area contributed by atoms with E-state index in [0.29, 0.717) is 13.1 Å². The Morgan fingerprint density at radius 1 is 1.16 bits per heavy atom. The van der Waals surface area contributed by atoms with Crippen LogP contribution in [0.4, 0.5) is 10.5 Å². The van der Waals surface area contributed by atoms with Crippen LogP contribution in [0.15, 0.2) is 12.1 Å². The summed E-state index contributed by atoms with van der Waals surface area (Å²) in [6.45, 7) is 12.5. The van der Waals surface area contributed by atoms with Gasteiger partial charge in [0.15, 0.2) is 0 Å². The number of rotatable bonds is 1. The van der Waals surface area contributed by atoms with Gasteiger partial charge in [-0.3, -0.25) is 4.79 Å². The van der Waals surface area contributed by atoms with Crippen molar-refractivity contribution in [2.75, 3.05) is 18.4 Å². The number of hydrogen-bond donors (Lipinski definition) is 1. The number of nitrogens with zero attached hydrogens (tertiary/aromatic N) is 1. The average Bonchev–Trinajstić information content (AvgIpc) is 2.38. The molecule has 2 amide bonds. The highest BCUT2D eigenvalue weighted by atomic mass is 16.6. The second kappa shape index (κ2) is 7.18. The number of aryl methyl sites for hydroxylation is 3. The zero-order valence-electron chi connectivity index (χ0n) is 15.8. The van der Waals surface area contributed by atoms with E-state index in [0.717, 1.165) is 22.4 Å². The molecular formula is C20H26N2O3. The molecule has 0 aromatic heterocycles. The number of ether oxygens (including phenoxy) is 1. The molecule has 0 radical (unpaired) electrons. The Kier molecular flexibility index (Phi) is 5.42. The first-order valence-corrected chi connectivity index (χ1v) is 8.43. The van der Waals surface area contributed by atoms with Crippen molar-refractivity contribution in [2.24, 2.45) is 5.92 Å². The second-order valence-electron chi connectivity index (χ2n) is 7.58. The molecule has 5 nitrogen and oxygen atoms in total. The Morgan fingerprint density at radius 3 is 2.24 bits per heavy atom. The van der Waals surface area contributed by atoms with Crippen LogP contribution >= 0.6 is 0 Å². The zero-order valence-corrected chi connectivity index (χ0v) is 15.8. The molecule has 1 heterocycles. The number of likely N-dealkylation sites (tertiary alicyclic amines) is 1. The van der Waals surface area contributed by atoms with Gasteiger partial charge in [0.25, 0.3) is 5.91 Å². The highest BCUT2D eigenvalue weighted by Gasteiger charge is 2.32. The van der Waals surface area contributed by atoms with Crippen molar-refractivity contribution in [3.63, 3.8) is 0 Å². The van der Waals surface area contributed by atoms with Crippen LogP contribution in [0.5, 0.6) is 0 Å². The summed E-state index contributed by atoms with van der Waals surface area (Å²) in [5.41, 5.74) is 3.52. The van der Waals surface area contributed by atoms with Crippen LogP contribution in [0.1, 0.15) is 37.5 Å². The van der Waals surface area contributed by atoms with Crippen molar-refractivity contribution in [1.82, 2.24) is 4.90 Å². The lowest BCUT2D eigenvalue weighted by atomic mass is 10.0. The summed E-state index contributed by atoms with van der Waals surface area (Å²) in [5, 5.41) is 2.86. The van der Waals surface area contributed by atoms with E-state index in [1.165, 1.54) is 0 Å². The van der Waals surface area contributed by atoms with Crippen LogP contribution in [0.25, 0.3) is 0 Å². The van der Waals surface area contributed by atoms with Crippen molar-refractivity contribution < 1.29 is 14.3 Å². The summed E-state index contributed by atoms with van der Waals surface area (Å²) in [7, 11) is 0. The van der Waals surface area contributed by atoms with E-state index >= 15 is 0 Å². The van der Waals surface area contributed by atoms with Crippen molar-refractivity contribution in [1.29, 1.82) is 0 Å². The SMILES string of the molecule is Cc1cc(C)c(NC(=O)C#CC2CN(C(=O)OC(C)(C)C)C2)c(C)c1. The van der Waals surface area contributed by atoms with E-state index < -0.39 is 5.60 Å². The maximum Gasteiger partial charge on any atom is 0.410 e.